The number of nitrogens with one attached hydrogen (secondary N) is 2. The van der Waals surface area contributed by atoms with E-state index in [0.717, 1.165) is 18.7 Å². The first-order valence-electron chi connectivity index (χ1n) is 6.32. The van der Waals surface area contributed by atoms with E-state index in [1.807, 2.05) is 18.2 Å². The molecule has 0 saturated carbocycles. The summed E-state index contributed by atoms with van der Waals surface area (Å²) in [7, 11) is -2.56. The third kappa shape index (κ3) is 3.17. The van der Waals surface area contributed by atoms with Crippen LogP contribution in [-0.2, 0) is 39.2 Å². The monoisotopic (exact) mass is 298 g/mol. The van der Waals surface area contributed by atoms with Gasteiger partial charge in [-0.15, -0.1) is 0 Å². The molecule has 110 valence electrons. The lowest BCUT2D eigenvalue weighted by atomic mass is 10.1. The number of fused-ring (bicyclic) bond motifs is 1. The Hall–Kier alpha value is -1.44. The van der Waals surface area contributed by atoms with Crippen molar-refractivity contribution in [1.82, 2.24) is 10.0 Å². The summed E-state index contributed by atoms with van der Waals surface area (Å²) in [6, 6.07) is 5.85. The van der Waals surface area contributed by atoms with Gasteiger partial charge in [-0.05, 0) is 23.6 Å². The Kier molecular flexibility index (Phi) is 4.42. The van der Waals surface area contributed by atoms with Crippen molar-refractivity contribution in [2.75, 3.05) is 7.11 Å². The van der Waals surface area contributed by atoms with Gasteiger partial charge < -0.3 is 10.1 Å². The van der Waals surface area contributed by atoms with Gasteiger partial charge >= 0.3 is 5.97 Å². The fourth-order valence-electron chi connectivity index (χ4n) is 2.06. The molecule has 0 radical (unpaired) electrons. The summed E-state index contributed by atoms with van der Waals surface area (Å²) in [6.45, 7) is 3.12. The van der Waals surface area contributed by atoms with Crippen LogP contribution in [0.4, 0.5) is 0 Å². The minimum Gasteiger partial charge on any atom is -0.468 e. The van der Waals surface area contributed by atoms with Crippen LogP contribution in [-0.4, -0.2) is 26.7 Å². The van der Waals surface area contributed by atoms with Crippen LogP contribution >= 0.6 is 0 Å². The summed E-state index contributed by atoms with van der Waals surface area (Å²) < 4.78 is 30.7. The van der Waals surface area contributed by atoms with Gasteiger partial charge in [0, 0.05) is 19.6 Å². The average molecular weight is 298 g/mol. The van der Waals surface area contributed by atoms with Crippen LogP contribution in [0, 0.1) is 0 Å². The minimum absolute atomic E-state index is 0.164. The maximum Gasteiger partial charge on any atom is 0.325 e. The summed E-state index contributed by atoms with van der Waals surface area (Å²) in [4.78, 5) is 11.3. The van der Waals surface area contributed by atoms with E-state index < -0.39 is 21.2 Å². The summed E-state index contributed by atoms with van der Waals surface area (Å²) in [5, 5.41) is 2.01. The number of carbonyl (C=O) groups is 1. The molecule has 7 heteroatoms. The molecule has 1 aromatic carbocycles. The SMILES string of the molecule is COC(=O)C(C)S(=O)(=O)NCc1ccc2c(c1)CNC2. The van der Waals surface area contributed by atoms with Crippen LogP contribution in [0.25, 0.3) is 0 Å². The molecular formula is C13H18N2O4S. The second-order valence-electron chi connectivity index (χ2n) is 4.74. The van der Waals surface area contributed by atoms with E-state index in [9.17, 15) is 13.2 Å². The molecule has 0 saturated heterocycles. The van der Waals surface area contributed by atoms with Gasteiger partial charge in [0.05, 0.1) is 7.11 Å². The molecule has 0 aromatic heterocycles. The van der Waals surface area contributed by atoms with Crippen LogP contribution < -0.4 is 10.0 Å². The van der Waals surface area contributed by atoms with E-state index in [0.29, 0.717) is 0 Å². The smallest absolute Gasteiger partial charge is 0.325 e. The molecule has 6 nitrogen and oxygen atoms in total. The van der Waals surface area contributed by atoms with Crippen molar-refractivity contribution in [3.8, 4) is 0 Å². The van der Waals surface area contributed by atoms with Gasteiger partial charge in [-0.25, -0.2) is 13.1 Å². The molecule has 0 spiro atoms. The van der Waals surface area contributed by atoms with Gasteiger partial charge in [0.1, 0.15) is 0 Å². The molecule has 0 amide bonds. The normalized spacial score (nSPS) is 15.7. The van der Waals surface area contributed by atoms with Crippen LogP contribution in [0.1, 0.15) is 23.6 Å². The zero-order valence-corrected chi connectivity index (χ0v) is 12.3. The highest BCUT2D eigenvalue weighted by Crippen LogP contribution is 2.17. The molecule has 0 fully saturated rings. The number of hydrogen-bond acceptors (Lipinski definition) is 5. The van der Waals surface area contributed by atoms with Crippen molar-refractivity contribution in [3.05, 3.63) is 34.9 Å². The number of rotatable bonds is 5. The number of methoxy groups -OCH3 is 1. The van der Waals surface area contributed by atoms with Gasteiger partial charge in [-0.3, -0.25) is 4.79 Å². The van der Waals surface area contributed by atoms with Gasteiger partial charge in [0.25, 0.3) is 0 Å². The fraction of sp³-hybridized carbons (Fsp3) is 0.462. The van der Waals surface area contributed by atoms with Gasteiger partial charge in [-0.1, -0.05) is 18.2 Å². The van der Waals surface area contributed by atoms with Gasteiger partial charge in [0.15, 0.2) is 5.25 Å². The topological polar surface area (TPSA) is 84.5 Å². The number of ether oxygens (including phenoxy) is 1. The molecule has 20 heavy (non-hydrogen) atoms. The van der Waals surface area contributed by atoms with Crippen LogP contribution in [0.3, 0.4) is 0 Å². The highest BCUT2D eigenvalue weighted by molar-refractivity contribution is 7.90. The maximum absolute atomic E-state index is 11.9. The first-order chi connectivity index (χ1) is 9.44. The van der Waals surface area contributed by atoms with Gasteiger partial charge in [-0.2, -0.15) is 0 Å². The number of sulfonamides is 1. The van der Waals surface area contributed by atoms with Crippen molar-refractivity contribution >= 4 is 16.0 Å². The Morgan fingerprint density at radius 3 is 2.80 bits per heavy atom. The molecule has 1 unspecified atom stereocenters. The fourth-order valence-corrected chi connectivity index (χ4v) is 3.03. The van der Waals surface area contributed by atoms with Crippen LogP contribution in [0.2, 0.25) is 0 Å². The second-order valence-corrected chi connectivity index (χ2v) is 6.82. The summed E-state index contributed by atoms with van der Waals surface area (Å²) in [5.74, 6) is -0.768. The number of esters is 1. The largest absolute Gasteiger partial charge is 0.468 e. The predicted octanol–water partition coefficient (Wildman–Crippen LogP) is 0.271. The number of benzene rings is 1. The molecule has 2 rings (SSSR count). The number of carbonyl (C=O) groups excluding carboxylic acids is 1. The van der Waals surface area contributed by atoms with E-state index in [4.69, 9.17) is 0 Å². The third-order valence-electron chi connectivity index (χ3n) is 3.38. The Bertz CT molecular complexity index is 613. The van der Waals surface area contributed by atoms with Crippen LogP contribution in [0.15, 0.2) is 18.2 Å². The molecule has 1 aliphatic heterocycles. The minimum atomic E-state index is -3.72. The zero-order valence-electron chi connectivity index (χ0n) is 11.5. The van der Waals surface area contributed by atoms with Crippen molar-refractivity contribution < 1.29 is 17.9 Å². The van der Waals surface area contributed by atoms with Crippen molar-refractivity contribution in [2.45, 2.75) is 31.8 Å². The lowest BCUT2D eigenvalue weighted by Gasteiger charge is -2.12. The van der Waals surface area contributed by atoms with E-state index in [1.165, 1.54) is 25.2 Å². The Morgan fingerprint density at radius 2 is 2.10 bits per heavy atom. The van der Waals surface area contributed by atoms with Crippen LogP contribution in [0.5, 0.6) is 0 Å². The molecule has 2 N–H and O–H groups in total. The molecule has 1 aromatic rings. The van der Waals surface area contributed by atoms with Crippen molar-refractivity contribution in [2.24, 2.45) is 0 Å². The highest BCUT2D eigenvalue weighted by Gasteiger charge is 2.28. The lowest BCUT2D eigenvalue weighted by Crippen LogP contribution is -2.37. The average Bonchev–Trinajstić information content (AvgIpc) is 2.91. The zero-order chi connectivity index (χ0) is 14.8. The van der Waals surface area contributed by atoms with Crippen molar-refractivity contribution in [1.29, 1.82) is 0 Å². The Morgan fingerprint density at radius 1 is 1.40 bits per heavy atom. The second kappa shape index (κ2) is 5.90. The molecule has 0 aliphatic carbocycles. The Labute approximate surface area is 118 Å². The summed E-state index contributed by atoms with van der Waals surface area (Å²) >= 11 is 0. The molecule has 1 atom stereocenters. The molecule has 0 bridgehead atoms. The standard InChI is InChI=1S/C13H18N2O4S/c1-9(13(16)19-2)20(17,18)15-6-10-3-4-11-7-14-8-12(11)5-10/h3-5,9,14-15H,6-8H2,1-2H3. The summed E-state index contributed by atoms with van der Waals surface area (Å²) in [6.07, 6.45) is 0. The van der Waals surface area contributed by atoms with Crippen molar-refractivity contribution in [3.63, 3.8) is 0 Å². The first kappa shape index (κ1) is 15.0. The predicted molar refractivity (Wildman–Crippen MR) is 74.2 cm³/mol. The quantitative estimate of drug-likeness (QED) is 0.762. The van der Waals surface area contributed by atoms with E-state index in [2.05, 4.69) is 14.8 Å². The highest BCUT2D eigenvalue weighted by atomic mass is 32.2. The number of hydrogen-bond donors (Lipinski definition) is 2. The first-order valence-corrected chi connectivity index (χ1v) is 7.86. The van der Waals surface area contributed by atoms with E-state index >= 15 is 0 Å². The van der Waals surface area contributed by atoms with Gasteiger partial charge in [0.2, 0.25) is 10.0 Å². The maximum atomic E-state index is 11.9. The molecule has 1 aliphatic rings. The van der Waals surface area contributed by atoms with E-state index in [1.54, 1.807) is 0 Å². The molecular weight excluding hydrogens is 280 g/mol. The Balaban J connectivity index is 2.03. The summed E-state index contributed by atoms with van der Waals surface area (Å²) in [5.41, 5.74) is 3.29. The lowest BCUT2D eigenvalue weighted by molar-refractivity contribution is -0.139. The molecule has 1 heterocycles. The van der Waals surface area contributed by atoms with E-state index in [-0.39, 0.29) is 6.54 Å². The third-order valence-corrected chi connectivity index (χ3v) is 5.05.